The molecule has 0 saturated carbocycles. The lowest BCUT2D eigenvalue weighted by molar-refractivity contribution is 0.658. The van der Waals surface area contributed by atoms with E-state index >= 15 is 0 Å². The van der Waals surface area contributed by atoms with Gasteiger partial charge in [0.05, 0.1) is 11.6 Å². The summed E-state index contributed by atoms with van der Waals surface area (Å²) in [7, 11) is 0. The van der Waals surface area contributed by atoms with E-state index in [9.17, 15) is 0 Å². The molecule has 2 aromatic rings. The summed E-state index contributed by atoms with van der Waals surface area (Å²) in [5.41, 5.74) is 8.47. The molecule has 0 aliphatic heterocycles. The van der Waals surface area contributed by atoms with Gasteiger partial charge in [-0.2, -0.15) is 5.26 Å². The average molecular weight is 254 g/mol. The predicted molar refractivity (Wildman–Crippen MR) is 76.6 cm³/mol. The first-order valence-corrected chi connectivity index (χ1v) is 6.44. The second-order valence-corrected chi connectivity index (χ2v) is 4.80. The van der Waals surface area contributed by atoms with E-state index < -0.39 is 0 Å². The van der Waals surface area contributed by atoms with E-state index in [-0.39, 0.29) is 0 Å². The molecule has 0 radical (unpaired) electrons. The van der Waals surface area contributed by atoms with Crippen LogP contribution in [0.4, 0.5) is 5.82 Å². The minimum Gasteiger partial charge on any atom is -0.383 e. The molecule has 0 fully saturated rings. The van der Waals surface area contributed by atoms with E-state index in [0.29, 0.717) is 17.3 Å². The zero-order chi connectivity index (χ0) is 14.0. The van der Waals surface area contributed by atoms with E-state index in [4.69, 9.17) is 11.0 Å². The highest BCUT2D eigenvalue weighted by molar-refractivity contribution is 5.72. The number of nitriles is 1. The third-order valence-electron chi connectivity index (χ3n) is 3.13. The summed E-state index contributed by atoms with van der Waals surface area (Å²) in [6.07, 6.45) is 0. The summed E-state index contributed by atoms with van der Waals surface area (Å²) < 4.78 is 2.03. The number of nitrogens with zero attached hydrogens (tertiary/aromatic N) is 3. The van der Waals surface area contributed by atoms with Crippen LogP contribution in [-0.4, -0.2) is 9.55 Å². The normalized spacial score (nSPS) is 10.7. The van der Waals surface area contributed by atoms with Crippen molar-refractivity contribution in [3.63, 3.8) is 0 Å². The number of hydrogen-bond acceptors (Lipinski definition) is 3. The van der Waals surface area contributed by atoms with Gasteiger partial charge in [-0.3, -0.25) is 0 Å². The van der Waals surface area contributed by atoms with Gasteiger partial charge in [-0.05, 0) is 19.1 Å². The van der Waals surface area contributed by atoms with Gasteiger partial charge >= 0.3 is 0 Å². The van der Waals surface area contributed by atoms with Gasteiger partial charge in [0.2, 0.25) is 0 Å². The molecule has 1 aromatic heterocycles. The number of nitrogen functional groups attached to an aromatic ring is 1. The summed E-state index contributed by atoms with van der Waals surface area (Å²) >= 11 is 0. The fourth-order valence-electron chi connectivity index (χ4n) is 2.21. The summed E-state index contributed by atoms with van der Waals surface area (Å²) in [6.45, 7) is 7.05. The van der Waals surface area contributed by atoms with Crippen molar-refractivity contribution in [2.45, 2.75) is 33.2 Å². The predicted octanol–water partition coefficient (Wildman–Crippen LogP) is 3.15. The topological polar surface area (TPSA) is 67.6 Å². The summed E-state index contributed by atoms with van der Waals surface area (Å²) in [4.78, 5) is 4.65. The number of anilines is 1. The highest BCUT2D eigenvalue weighted by atomic mass is 15.1. The van der Waals surface area contributed by atoms with Crippen LogP contribution in [-0.2, 0) is 6.54 Å². The van der Waals surface area contributed by atoms with E-state index in [1.54, 1.807) is 6.07 Å². The van der Waals surface area contributed by atoms with Crippen molar-refractivity contribution in [2.75, 3.05) is 5.73 Å². The fraction of sp³-hybridized carbons (Fsp3) is 0.333. The fourth-order valence-corrected chi connectivity index (χ4v) is 2.21. The Morgan fingerprint density at radius 2 is 2.16 bits per heavy atom. The van der Waals surface area contributed by atoms with Crippen LogP contribution >= 0.6 is 0 Å². The highest BCUT2D eigenvalue weighted by Crippen LogP contribution is 2.29. The third kappa shape index (κ3) is 2.32. The number of hydrogen-bond donors (Lipinski definition) is 1. The zero-order valence-electron chi connectivity index (χ0n) is 11.5. The number of benzene rings is 1. The second kappa shape index (κ2) is 5.15. The van der Waals surface area contributed by atoms with Gasteiger partial charge in [-0.1, -0.05) is 26.0 Å². The van der Waals surface area contributed by atoms with Crippen LogP contribution in [0.15, 0.2) is 24.3 Å². The van der Waals surface area contributed by atoms with Crippen LogP contribution < -0.4 is 5.73 Å². The molecule has 4 heteroatoms. The Balaban J connectivity index is 2.60. The molecule has 0 unspecified atom stereocenters. The Labute approximate surface area is 113 Å². The van der Waals surface area contributed by atoms with Crippen molar-refractivity contribution in [1.29, 1.82) is 5.26 Å². The SMILES string of the molecule is CCn1c(C(C)C)nc(-c2cccc(C#N)c2)c1N. The quantitative estimate of drug-likeness (QED) is 0.914. The lowest BCUT2D eigenvalue weighted by Gasteiger charge is -2.08. The van der Waals surface area contributed by atoms with Gasteiger partial charge in [0.1, 0.15) is 17.3 Å². The molecule has 2 rings (SSSR count). The monoisotopic (exact) mass is 254 g/mol. The highest BCUT2D eigenvalue weighted by Gasteiger charge is 2.17. The van der Waals surface area contributed by atoms with Crippen LogP contribution in [0.2, 0.25) is 0 Å². The molecule has 98 valence electrons. The molecular weight excluding hydrogens is 236 g/mol. The molecule has 0 spiro atoms. The molecule has 1 heterocycles. The molecular formula is C15H18N4. The number of rotatable bonds is 3. The molecule has 2 N–H and O–H groups in total. The van der Waals surface area contributed by atoms with E-state index in [0.717, 1.165) is 23.6 Å². The lowest BCUT2D eigenvalue weighted by atomic mass is 10.1. The smallest absolute Gasteiger partial charge is 0.131 e. The minimum atomic E-state index is 0.315. The molecule has 0 aliphatic rings. The number of nitrogens with two attached hydrogens (primary N) is 1. The molecule has 1 aromatic carbocycles. The Hall–Kier alpha value is -2.28. The molecule has 19 heavy (non-hydrogen) atoms. The zero-order valence-corrected chi connectivity index (χ0v) is 11.5. The average Bonchev–Trinajstić information content (AvgIpc) is 2.76. The maximum atomic E-state index is 8.97. The van der Waals surface area contributed by atoms with Crippen LogP contribution in [0.5, 0.6) is 0 Å². The molecule has 4 nitrogen and oxygen atoms in total. The summed E-state index contributed by atoms with van der Waals surface area (Å²) in [5, 5.41) is 8.97. The number of imidazole rings is 1. The van der Waals surface area contributed by atoms with Gasteiger partial charge in [0, 0.05) is 18.0 Å². The van der Waals surface area contributed by atoms with E-state index in [2.05, 4.69) is 31.8 Å². The van der Waals surface area contributed by atoms with Gasteiger partial charge in [0.15, 0.2) is 0 Å². The molecule has 0 saturated heterocycles. The Morgan fingerprint density at radius 3 is 2.68 bits per heavy atom. The molecule has 0 bridgehead atoms. The van der Waals surface area contributed by atoms with Gasteiger partial charge in [-0.25, -0.2) is 4.98 Å². The first-order chi connectivity index (χ1) is 9.08. The molecule has 0 aliphatic carbocycles. The first-order valence-electron chi connectivity index (χ1n) is 6.44. The van der Waals surface area contributed by atoms with Crippen LogP contribution in [0, 0.1) is 11.3 Å². The Bertz CT molecular complexity index is 632. The second-order valence-electron chi connectivity index (χ2n) is 4.80. The van der Waals surface area contributed by atoms with E-state index in [1.807, 2.05) is 22.8 Å². The van der Waals surface area contributed by atoms with Crippen LogP contribution in [0.3, 0.4) is 0 Å². The van der Waals surface area contributed by atoms with Crippen molar-refractivity contribution in [2.24, 2.45) is 0 Å². The Kier molecular flexibility index (Phi) is 3.57. The van der Waals surface area contributed by atoms with Crippen LogP contribution in [0.25, 0.3) is 11.3 Å². The van der Waals surface area contributed by atoms with Gasteiger partial charge in [-0.15, -0.1) is 0 Å². The van der Waals surface area contributed by atoms with Crippen molar-refractivity contribution in [1.82, 2.24) is 9.55 Å². The van der Waals surface area contributed by atoms with E-state index in [1.165, 1.54) is 0 Å². The maximum Gasteiger partial charge on any atom is 0.131 e. The van der Waals surface area contributed by atoms with Crippen molar-refractivity contribution in [3.8, 4) is 17.3 Å². The summed E-state index contributed by atoms with van der Waals surface area (Å²) in [6, 6.07) is 9.53. The summed E-state index contributed by atoms with van der Waals surface area (Å²) in [5.74, 6) is 1.97. The lowest BCUT2D eigenvalue weighted by Crippen LogP contribution is -2.06. The van der Waals surface area contributed by atoms with Gasteiger partial charge in [0.25, 0.3) is 0 Å². The Morgan fingerprint density at radius 1 is 1.42 bits per heavy atom. The van der Waals surface area contributed by atoms with Crippen molar-refractivity contribution < 1.29 is 0 Å². The van der Waals surface area contributed by atoms with Crippen molar-refractivity contribution >= 4 is 5.82 Å². The molecule has 0 atom stereocenters. The minimum absolute atomic E-state index is 0.315. The van der Waals surface area contributed by atoms with Crippen LogP contribution in [0.1, 0.15) is 38.1 Å². The van der Waals surface area contributed by atoms with Gasteiger partial charge < -0.3 is 10.3 Å². The largest absolute Gasteiger partial charge is 0.383 e. The standard InChI is InChI=1S/C15H18N4/c1-4-19-14(17)13(18-15(19)10(2)3)12-7-5-6-11(8-12)9-16/h5-8,10H,4,17H2,1-3H3. The third-order valence-corrected chi connectivity index (χ3v) is 3.13. The van der Waals surface area contributed by atoms with Crippen molar-refractivity contribution in [3.05, 3.63) is 35.7 Å². The maximum absolute atomic E-state index is 8.97. The number of aromatic nitrogens is 2. The first kappa shape index (κ1) is 13.2. The molecule has 0 amide bonds.